The molecule has 1 N–H and O–H groups in total. The molecule has 1 aliphatic rings. The molecule has 1 amide bonds. The maximum absolute atomic E-state index is 12.9. The van der Waals surface area contributed by atoms with E-state index in [2.05, 4.69) is 41.7 Å². The molecule has 0 saturated carbocycles. The zero-order valence-corrected chi connectivity index (χ0v) is 16.4. The van der Waals surface area contributed by atoms with Crippen molar-refractivity contribution >= 4 is 31.9 Å². The van der Waals surface area contributed by atoms with Crippen molar-refractivity contribution < 1.29 is 13.2 Å². The van der Waals surface area contributed by atoms with E-state index in [1.165, 1.54) is 10.4 Å². The van der Waals surface area contributed by atoms with E-state index in [1.54, 1.807) is 18.2 Å². The summed E-state index contributed by atoms with van der Waals surface area (Å²) in [6.45, 7) is 9.11. The van der Waals surface area contributed by atoms with Crippen LogP contribution in [0.25, 0.3) is 0 Å². The third kappa shape index (κ3) is 4.68. The van der Waals surface area contributed by atoms with Crippen LogP contribution in [0.2, 0.25) is 0 Å². The van der Waals surface area contributed by atoms with Gasteiger partial charge >= 0.3 is 0 Å². The summed E-state index contributed by atoms with van der Waals surface area (Å²) in [4.78, 5) is 12.3. The molecule has 1 aliphatic heterocycles. The summed E-state index contributed by atoms with van der Waals surface area (Å²) in [7, 11) is -3.59. The van der Waals surface area contributed by atoms with Crippen molar-refractivity contribution in [2.45, 2.75) is 25.2 Å². The molecular formula is C17H23BrN2O3S. The average molecular weight is 415 g/mol. The van der Waals surface area contributed by atoms with Gasteiger partial charge in [0.1, 0.15) is 0 Å². The van der Waals surface area contributed by atoms with E-state index in [0.717, 1.165) is 6.42 Å². The summed E-state index contributed by atoms with van der Waals surface area (Å²) in [6.07, 6.45) is 1.03. The van der Waals surface area contributed by atoms with Gasteiger partial charge in [0.05, 0.1) is 4.90 Å². The van der Waals surface area contributed by atoms with Gasteiger partial charge in [-0.25, -0.2) is 8.42 Å². The Morgan fingerprint density at radius 3 is 2.54 bits per heavy atom. The summed E-state index contributed by atoms with van der Waals surface area (Å²) in [5.41, 5.74) is 0.322. The number of benzene rings is 1. The quantitative estimate of drug-likeness (QED) is 0.804. The van der Waals surface area contributed by atoms with Crippen molar-refractivity contribution in [3.05, 3.63) is 40.9 Å². The van der Waals surface area contributed by atoms with Crippen LogP contribution in [0, 0.1) is 11.8 Å². The average Bonchev–Trinajstić information content (AvgIpc) is 2.51. The van der Waals surface area contributed by atoms with Crippen molar-refractivity contribution in [3.8, 4) is 0 Å². The number of nitrogens with one attached hydrogen (secondary N) is 1. The number of hydrogen-bond donors (Lipinski definition) is 1. The molecule has 1 aromatic rings. The Kier molecular flexibility index (Phi) is 6.22. The zero-order chi connectivity index (χ0) is 17.9. The van der Waals surface area contributed by atoms with Gasteiger partial charge in [0.15, 0.2) is 0 Å². The van der Waals surface area contributed by atoms with Gasteiger partial charge in [-0.05, 0) is 36.5 Å². The maximum Gasteiger partial charge on any atom is 0.251 e. The Morgan fingerprint density at radius 1 is 1.33 bits per heavy atom. The van der Waals surface area contributed by atoms with Gasteiger partial charge in [-0.3, -0.25) is 4.79 Å². The van der Waals surface area contributed by atoms with Crippen LogP contribution in [0.15, 0.2) is 40.2 Å². The highest BCUT2D eigenvalue weighted by molar-refractivity contribution is 9.11. The van der Waals surface area contributed by atoms with E-state index in [4.69, 9.17) is 0 Å². The van der Waals surface area contributed by atoms with Crippen LogP contribution in [0.1, 0.15) is 30.6 Å². The van der Waals surface area contributed by atoms with E-state index in [1.807, 2.05) is 0 Å². The predicted molar refractivity (Wildman–Crippen MR) is 98.5 cm³/mol. The molecule has 0 radical (unpaired) electrons. The lowest BCUT2D eigenvalue weighted by Gasteiger charge is -2.34. The molecule has 5 nitrogen and oxygen atoms in total. The number of halogens is 1. The summed E-state index contributed by atoms with van der Waals surface area (Å²) in [6, 6.07) is 6.18. The molecule has 7 heteroatoms. The molecule has 132 valence electrons. The van der Waals surface area contributed by atoms with E-state index in [0.29, 0.717) is 35.0 Å². The third-order valence-electron chi connectivity index (χ3n) is 4.01. The lowest BCUT2D eigenvalue weighted by molar-refractivity contribution is 0.0957. The first kappa shape index (κ1) is 19.1. The van der Waals surface area contributed by atoms with Crippen LogP contribution in [0.4, 0.5) is 0 Å². The molecular weight excluding hydrogens is 392 g/mol. The van der Waals surface area contributed by atoms with Crippen LogP contribution in [0.5, 0.6) is 0 Å². The van der Waals surface area contributed by atoms with E-state index in [9.17, 15) is 13.2 Å². The number of sulfonamides is 1. The number of rotatable bonds is 5. The first-order chi connectivity index (χ1) is 11.2. The Morgan fingerprint density at radius 2 is 1.96 bits per heavy atom. The van der Waals surface area contributed by atoms with Crippen molar-refractivity contribution in [1.29, 1.82) is 0 Å². The van der Waals surface area contributed by atoms with Crippen molar-refractivity contribution in [2.75, 3.05) is 19.6 Å². The highest BCUT2D eigenvalue weighted by atomic mass is 79.9. The first-order valence-corrected chi connectivity index (χ1v) is 10.1. The largest absolute Gasteiger partial charge is 0.347 e. The van der Waals surface area contributed by atoms with Gasteiger partial charge in [0.2, 0.25) is 10.0 Å². The van der Waals surface area contributed by atoms with Crippen LogP contribution >= 0.6 is 15.9 Å². The monoisotopic (exact) mass is 414 g/mol. The molecule has 1 aromatic carbocycles. The molecule has 1 saturated heterocycles. The van der Waals surface area contributed by atoms with Gasteiger partial charge < -0.3 is 5.32 Å². The Labute approximate surface area is 152 Å². The molecule has 0 spiro atoms. The normalized spacial score (nSPS) is 22.1. The Bertz CT molecular complexity index is 723. The standard InChI is InChI=1S/C17H23BrN2O3S/c1-12-7-13(2)11-20(10-12)24(22,23)16-6-4-5-15(8-16)17(21)19-9-14(3)18/h4-6,8,12-13H,3,7,9-11H2,1-2H3,(H,19,21). The number of carbonyl (C=O) groups excluding carboxylic acids is 1. The zero-order valence-electron chi connectivity index (χ0n) is 14.0. The summed E-state index contributed by atoms with van der Waals surface area (Å²) >= 11 is 3.17. The predicted octanol–water partition coefficient (Wildman–Crippen LogP) is 2.99. The Balaban J connectivity index is 2.23. The second-order valence-electron chi connectivity index (χ2n) is 6.50. The van der Waals surface area contributed by atoms with Crippen LogP contribution in [-0.4, -0.2) is 38.3 Å². The molecule has 1 heterocycles. The van der Waals surface area contributed by atoms with Gasteiger partial charge in [-0.2, -0.15) is 4.31 Å². The Hall–Kier alpha value is -1.18. The molecule has 24 heavy (non-hydrogen) atoms. The lowest BCUT2D eigenvalue weighted by atomic mass is 9.94. The maximum atomic E-state index is 12.9. The van der Waals surface area contributed by atoms with Crippen molar-refractivity contribution in [2.24, 2.45) is 11.8 Å². The smallest absolute Gasteiger partial charge is 0.251 e. The number of hydrogen-bond acceptors (Lipinski definition) is 3. The third-order valence-corrected chi connectivity index (χ3v) is 6.12. The molecule has 1 fully saturated rings. The topological polar surface area (TPSA) is 66.5 Å². The number of piperidine rings is 1. The molecule has 0 aromatic heterocycles. The first-order valence-electron chi connectivity index (χ1n) is 7.92. The highest BCUT2D eigenvalue weighted by Crippen LogP contribution is 2.27. The summed E-state index contributed by atoms with van der Waals surface area (Å²) < 4.78 is 28.0. The fraction of sp³-hybridized carbons (Fsp3) is 0.471. The van der Waals surface area contributed by atoms with E-state index >= 15 is 0 Å². The minimum atomic E-state index is -3.59. The van der Waals surface area contributed by atoms with Gasteiger partial charge in [-0.15, -0.1) is 0 Å². The minimum Gasteiger partial charge on any atom is -0.347 e. The molecule has 2 rings (SSSR count). The van der Waals surface area contributed by atoms with Crippen LogP contribution < -0.4 is 5.32 Å². The van der Waals surface area contributed by atoms with Crippen LogP contribution in [-0.2, 0) is 10.0 Å². The van der Waals surface area contributed by atoms with Crippen molar-refractivity contribution in [3.63, 3.8) is 0 Å². The molecule has 2 atom stereocenters. The molecule has 0 aliphatic carbocycles. The highest BCUT2D eigenvalue weighted by Gasteiger charge is 2.31. The number of carbonyl (C=O) groups is 1. The van der Waals surface area contributed by atoms with Gasteiger partial charge in [0, 0.05) is 29.7 Å². The molecule has 0 bridgehead atoms. The minimum absolute atomic E-state index is 0.161. The van der Waals surface area contributed by atoms with Crippen molar-refractivity contribution in [1.82, 2.24) is 9.62 Å². The van der Waals surface area contributed by atoms with Crippen LogP contribution in [0.3, 0.4) is 0 Å². The van der Waals surface area contributed by atoms with Gasteiger partial charge in [0.25, 0.3) is 5.91 Å². The second kappa shape index (κ2) is 7.80. The number of amides is 1. The fourth-order valence-corrected chi connectivity index (χ4v) is 4.89. The van der Waals surface area contributed by atoms with E-state index in [-0.39, 0.29) is 17.3 Å². The molecule has 2 unspecified atom stereocenters. The SMILES string of the molecule is C=C(Br)CNC(=O)c1cccc(S(=O)(=O)N2CC(C)CC(C)C2)c1. The number of nitrogens with zero attached hydrogens (tertiary/aromatic N) is 1. The summed E-state index contributed by atoms with van der Waals surface area (Å²) in [5.74, 6) is 0.341. The second-order valence-corrected chi connectivity index (χ2v) is 9.56. The van der Waals surface area contributed by atoms with Gasteiger partial charge in [-0.1, -0.05) is 42.4 Å². The summed E-state index contributed by atoms with van der Waals surface area (Å²) in [5, 5.41) is 2.68. The lowest BCUT2D eigenvalue weighted by Crippen LogP contribution is -2.42. The van der Waals surface area contributed by atoms with E-state index < -0.39 is 10.0 Å². The fourth-order valence-electron chi connectivity index (χ4n) is 3.03.